The van der Waals surface area contributed by atoms with Gasteiger partial charge < -0.3 is 10.2 Å². The smallest absolute Gasteiger partial charge is 0.303 e. The van der Waals surface area contributed by atoms with Gasteiger partial charge in [-0.15, -0.1) is 0 Å². The van der Waals surface area contributed by atoms with E-state index in [1.807, 2.05) is 6.92 Å². The average Bonchev–Trinajstić information content (AvgIpc) is 2.02. The summed E-state index contributed by atoms with van der Waals surface area (Å²) in [6, 6.07) is 0. The first kappa shape index (κ1) is 12.4. The van der Waals surface area contributed by atoms with E-state index in [1.165, 1.54) is 0 Å². The molecule has 0 spiro atoms. The normalized spacial score (nSPS) is 15.3. The van der Waals surface area contributed by atoms with Crippen LogP contribution in [0.5, 0.6) is 0 Å². The van der Waals surface area contributed by atoms with Crippen molar-refractivity contribution in [2.24, 2.45) is 5.92 Å². The highest BCUT2D eigenvalue weighted by Gasteiger charge is 2.07. The first-order chi connectivity index (χ1) is 6.04. The van der Waals surface area contributed by atoms with Gasteiger partial charge in [-0.3, -0.25) is 4.79 Å². The lowest BCUT2D eigenvalue weighted by Crippen LogP contribution is -2.12. The zero-order chi connectivity index (χ0) is 10.3. The Morgan fingerprint density at radius 2 is 1.85 bits per heavy atom. The second-order valence-electron chi connectivity index (χ2n) is 3.71. The molecule has 0 aromatic carbocycles. The Hall–Kier alpha value is -0.570. The lowest BCUT2D eigenvalue weighted by atomic mass is 9.98. The van der Waals surface area contributed by atoms with E-state index in [0.717, 1.165) is 25.7 Å². The maximum atomic E-state index is 10.2. The molecule has 2 atom stereocenters. The molecule has 0 saturated carbocycles. The van der Waals surface area contributed by atoms with E-state index in [9.17, 15) is 9.90 Å². The third-order valence-electron chi connectivity index (χ3n) is 2.37. The largest absolute Gasteiger partial charge is 0.481 e. The minimum Gasteiger partial charge on any atom is -0.481 e. The molecule has 0 aliphatic rings. The minimum atomic E-state index is -0.719. The number of carbonyl (C=O) groups is 1. The second-order valence-corrected chi connectivity index (χ2v) is 3.71. The number of aliphatic hydroxyl groups is 1. The van der Waals surface area contributed by atoms with Gasteiger partial charge in [-0.05, 0) is 25.7 Å². The number of rotatable bonds is 7. The van der Waals surface area contributed by atoms with Crippen molar-refractivity contribution in [3.63, 3.8) is 0 Å². The van der Waals surface area contributed by atoms with Crippen LogP contribution >= 0.6 is 0 Å². The molecule has 0 unspecified atom stereocenters. The summed E-state index contributed by atoms with van der Waals surface area (Å²) in [6.45, 7) is 3.81. The molecule has 0 bridgehead atoms. The zero-order valence-electron chi connectivity index (χ0n) is 8.49. The van der Waals surface area contributed by atoms with Crippen LogP contribution in [-0.2, 0) is 4.79 Å². The third kappa shape index (κ3) is 7.78. The Morgan fingerprint density at radius 1 is 1.23 bits per heavy atom. The summed E-state index contributed by atoms with van der Waals surface area (Å²) in [5.41, 5.74) is 0. The fourth-order valence-electron chi connectivity index (χ4n) is 1.16. The van der Waals surface area contributed by atoms with Crippen LogP contribution in [0, 0.1) is 5.92 Å². The average molecular weight is 188 g/mol. The van der Waals surface area contributed by atoms with Gasteiger partial charge in [0.05, 0.1) is 6.10 Å². The molecule has 0 aliphatic heterocycles. The first-order valence-electron chi connectivity index (χ1n) is 4.94. The van der Waals surface area contributed by atoms with Crippen molar-refractivity contribution in [3.8, 4) is 0 Å². The van der Waals surface area contributed by atoms with Crippen molar-refractivity contribution >= 4 is 5.97 Å². The Kier molecular flexibility index (Phi) is 6.59. The summed E-state index contributed by atoms with van der Waals surface area (Å²) >= 11 is 0. The predicted molar refractivity (Wildman–Crippen MR) is 51.6 cm³/mol. The number of hydrogen-bond donors (Lipinski definition) is 2. The summed E-state index contributed by atoms with van der Waals surface area (Å²) < 4.78 is 0. The Morgan fingerprint density at radius 3 is 2.31 bits per heavy atom. The molecule has 3 heteroatoms. The first-order valence-corrected chi connectivity index (χ1v) is 4.94. The van der Waals surface area contributed by atoms with Crippen molar-refractivity contribution in [2.45, 2.75) is 52.1 Å². The molecule has 0 fully saturated rings. The van der Waals surface area contributed by atoms with Gasteiger partial charge in [-0.2, -0.15) is 0 Å². The standard InChI is InChI=1S/C10H20O3/c1-8(9(2)11)6-4-3-5-7-10(12)13/h8-9,11H,3-7H2,1-2H3,(H,12,13)/t8-,9+/m1/s1. The van der Waals surface area contributed by atoms with Crippen molar-refractivity contribution < 1.29 is 15.0 Å². The number of carboxylic acid groups (broad SMARTS) is 1. The highest BCUT2D eigenvalue weighted by Crippen LogP contribution is 2.13. The summed E-state index contributed by atoms with van der Waals surface area (Å²) in [5.74, 6) is -0.395. The number of hydrogen-bond acceptors (Lipinski definition) is 2. The van der Waals surface area contributed by atoms with Crippen molar-refractivity contribution in [1.29, 1.82) is 0 Å². The van der Waals surface area contributed by atoms with Gasteiger partial charge in [-0.25, -0.2) is 0 Å². The topological polar surface area (TPSA) is 57.5 Å². The van der Waals surface area contributed by atoms with Crippen LogP contribution in [0.3, 0.4) is 0 Å². The lowest BCUT2D eigenvalue weighted by Gasteiger charge is -2.13. The predicted octanol–water partition coefficient (Wildman–Crippen LogP) is 2.04. The van der Waals surface area contributed by atoms with E-state index in [0.29, 0.717) is 5.92 Å². The quantitative estimate of drug-likeness (QED) is 0.601. The summed E-state index contributed by atoms with van der Waals surface area (Å²) in [5, 5.41) is 17.5. The Labute approximate surface area is 79.8 Å². The molecule has 2 N–H and O–H groups in total. The van der Waals surface area contributed by atoms with Crippen LogP contribution in [0.4, 0.5) is 0 Å². The van der Waals surface area contributed by atoms with Crippen LogP contribution in [0.2, 0.25) is 0 Å². The maximum absolute atomic E-state index is 10.2. The van der Waals surface area contributed by atoms with Crippen LogP contribution in [0.1, 0.15) is 46.0 Å². The van der Waals surface area contributed by atoms with Crippen LogP contribution in [0.15, 0.2) is 0 Å². The molecule has 0 aliphatic carbocycles. The SMILES string of the molecule is C[C@H](O)[C@H](C)CCCCCC(=O)O. The maximum Gasteiger partial charge on any atom is 0.303 e. The number of aliphatic hydroxyl groups excluding tert-OH is 1. The molecular formula is C10H20O3. The van der Waals surface area contributed by atoms with E-state index in [4.69, 9.17) is 5.11 Å². The van der Waals surface area contributed by atoms with Crippen LogP contribution in [-0.4, -0.2) is 22.3 Å². The van der Waals surface area contributed by atoms with Gasteiger partial charge in [0.25, 0.3) is 0 Å². The number of unbranched alkanes of at least 4 members (excludes halogenated alkanes) is 2. The summed E-state index contributed by atoms with van der Waals surface area (Å²) in [6.07, 6.45) is 3.71. The summed E-state index contributed by atoms with van der Waals surface area (Å²) in [7, 11) is 0. The molecular weight excluding hydrogens is 168 g/mol. The molecule has 0 aromatic heterocycles. The van der Waals surface area contributed by atoms with E-state index in [-0.39, 0.29) is 12.5 Å². The minimum absolute atomic E-state index is 0.250. The lowest BCUT2D eigenvalue weighted by molar-refractivity contribution is -0.137. The zero-order valence-corrected chi connectivity index (χ0v) is 8.49. The third-order valence-corrected chi connectivity index (χ3v) is 2.37. The Bertz CT molecular complexity index is 143. The molecule has 3 nitrogen and oxygen atoms in total. The van der Waals surface area contributed by atoms with Gasteiger partial charge in [-0.1, -0.05) is 19.8 Å². The molecule has 0 rings (SSSR count). The van der Waals surface area contributed by atoms with Crippen molar-refractivity contribution in [1.82, 2.24) is 0 Å². The molecule has 13 heavy (non-hydrogen) atoms. The Balaban J connectivity index is 3.21. The van der Waals surface area contributed by atoms with Crippen LogP contribution < -0.4 is 0 Å². The van der Waals surface area contributed by atoms with E-state index in [1.54, 1.807) is 6.92 Å². The van der Waals surface area contributed by atoms with E-state index >= 15 is 0 Å². The molecule has 78 valence electrons. The van der Waals surface area contributed by atoms with Gasteiger partial charge in [0.1, 0.15) is 0 Å². The fraction of sp³-hybridized carbons (Fsp3) is 0.900. The molecule has 0 saturated heterocycles. The van der Waals surface area contributed by atoms with Gasteiger partial charge in [0.2, 0.25) is 0 Å². The van der Waals surface area contributed by atoms with Gasteiger partial charge in [0.15, 0.2) is 0 Å². The summed E-state index contributed by atoms with van der Waals surface area (Å²) in [4.78, 5) is 10.2. The van der Waals surface area contributed by atoms with Crippen molar-refractivity contribution in [3.05, 3.63) is 0 Å². The van der Waals surface area contributed by atoms with E-state index < -0.39 is 5.97 Å². The highest BCUT2D eigenvalue weighted by atomic mass is 16.4. The van der Waals surface area contributed by atoms with Gasteiger partial charge in [0, 0.05) is 6.42 Å². The molecule has 0 radical (unpaired) electrons. The van der Waals surface area contributed by atoms with Gasteiger partial charge >= 0.3 is 5.97 Å². The second kappa shape index (κ2) is 6.89. The molecule has 0 amide bonds. The number of aliphatic carboxylic acids is 1. The highest BCUT2D eigenvalue weighted by molar-refractivity contribution is 5.66. The van der Waals surface area contributed by atoms with Crippen molar-refractivity contribution in [2.75, 3.05) is 0 Å². The molecule has 0 heterocycles. The van der Waals surface area contributed by atoms with Crippen LogP contribution in [0.25, 0.3) is 0 Å². The molecule has 0 aromatic rings. The van der Waals surface area contributed by atoms with E-state index in [2.05, 4.69) is 0 Å². The fourth-order valence-corrected chi connectivity index (χ4v) is 1.16. The monoisotopic (exact) mass is 188 g/mol. The number of carboxylic acids is 1.